The highest BCUT2D eigenvalue weighted by atomic mass is 16.5. The molecule has 0 amide bonds. The van der Waals surface area contributed by atoms with Gasteiger partial charge in [-0.15, -0.1) is 0 Å². The Morgan fingerprint density at radius 2 is 1.83 bits per heavy atom. The number of hydrogen-bond donors (Lipinski definition) is 1. The van der Waals surface area contributed by atoms with Crippen molar-refractivity contribution < 1.29 is 9.53 Å². The van der Waals surface area contributed by atoms with Crippen molar-refractivity contribution in [3.05, 3.63) is 0 Å². The van der Waals surface area contributed by atoms with Crippen LogP contribution >= 0.6 is 0 Å². The Bertz CT molecular complexity index is 143. The summed E-state index contributed by atoms with van der Waals surface area (Å²) in [5.41, 5.74) is 5.62. The first-order chi connectivity index (χ1) is 5.45. The van der Waals surface area contributed by atoms with Crippen LogP contribution in [0, 0.1) is 5.92 Å². The van der Waals surface area contributed by atoms with E-state index in [0.717, 1.165) is 0 Å². The summed E-state index contributed by atoms with van der Waals surface area (Å²) in [7, 11) is 0. The lowest BCUT2D eigenvalue weighted by atomic mass is 10.0. The molecule has 0 rings (SSSR count). The lowest BCUT2D eigenvalue weighted by Crippen LogP contribution is -2.38. The van der Waals surface area contributed by atoms with Gasteiger partial charge in [-0.25, -0.2) is 0 Å². The quantitative estimate of drug-likeness (QED) is 0.673. The van der Waals surface area contributed by atoms with E-state index in [-0.39, 0.29) is 30.5 Å². The van der Waals surface area contributed by atoms with Crippen LogP contribution in [0.3, 0.4) is 0 Å². The maximum Gasteiger partial charge on any atom is 0.175 e. The molecule has 0 aliphatic rings. The lowest BCUT2D eigenvalue weighted by Gasteiger charge is -2.15. The Labute approximate surface area is 74.3 Å². The van der Waals surface area contributed by atoms with Crippen molar-refractivity contribution in [1.82, 2.24) is 0 Å². The van der Waals surface area contributed by atoms with E-state index in [1.807, 2.05) is 27.7 Å². The van der Waals surface area contributed by atoms with Gasteiger partial charge in [-0.2, -0.15) is 0 Å². The molecule has 0 radical (unpaired) electrons. The van der Waals surface area contributed by atoms with Crippen molar-refractivity contribution in [1.29, 1.82) is 0 Å². The fourth-order valence-corrected chi connectivity index (χ4v) is 0.717. The largest absolute Gasteiger partial charge is 0.371 e. The molecule has 0 spiro atoms. The molecular formula is C9H19NO2. The molecule has 0 saturated heterocycles. The number of nitrogens with two attached hydrogens (primary N) is 1. The van der Waals surface area contributed by atoms with Gasteiger partial charge in [0, 0.05) is 0 Å². The molecule has 0 unspecified atom stereocenters. The minimum atomic E-state index is -0.385. The standard InChI is InChI=1S/C9H19NO2/c1-6(2)9(10)8(11)5-12-7(3)4/h6-7,9H,5,10H2,1-4H3/t9-/m1/s1. The second-order valence-corrected chi connectivity index (χ2v) is 3.60. The van der Waals surface area contributed by atoms with E-state index in [0.29, 0.717) is 0 Å². The maximum absolute atomic E-state index is 11.2. The summed E-state index contributed by atoms with van der Waals surface area (Å²) in [4.78, 5) is 11.2. The van der Waals surface area contributed by atoms with Crippen molar-refractivity contribution in [2.75, 3.05) is 6.61 Å². The molecule has 3 nitrogen and oxygen atoms in total. The van der Waals surface area contributed by atoms with Crippen molar-refractivity contribution in [2.24, 2.45) is 11.7 Å². The summed E-state index contributed by atoms with van der Waals surface area (Å²) in [6.07, 6.45) is 0.0910. The average Bonchev–Trinajstić information content (AvgIpc) is 1.98. The molecule has 0 aliphatic carbocycles. The first-order valence-electron chi connectivity index (χ1n) is 4.35. The molecule has 3 heteroatoms. The summed E-state index contributed by atoms with van der Waals surface area (Å²) < 4.78 is 5.15. The van der Waals surface area contributed by atoms with Gasteiger partial charge in [0.2, 0.25) is 0 Å². The van der Waals surface area contributed by atoms with Gasteiger partial charge in [0.05, 0.1) is 12.1 Å². The maximum atomic E-state index is 11.2. The van der Waals surface area contributed by atoms with Crippen LogP contribution in [-0.2, 0) is 9.53 Å². The number of ether oxygens (including phenoxy) is 1. The molecule has 2 N–H and O–H groups in total. The molecule has 0 aromatic heterocycles. The highest BCUT2D eigenvalue weighted by Crippen LogP contribution is 2.00. The highest BCUT2D eigenvalue weighted by molar-refractivity contribution is 5.85. The van der Waals surface area contributed by atoms with Crippen LogP contribution in [-0.4, -0.2) is 24.5 Å². The zero-order chi connectivity index (χ0) is 9.72. The number of Topliss-reactive ketones (excluding diaryl/α,β-unsaturated/α-hetero) is 1. The summed E-state index contributed by atoms with van der Waals surface area (Å²) in [6, 6.07) is -0.385. The number of carbonyl (C=O) groups excluding carboxylic acids is 1. The van der Waals surface area contributed by atoms with E-state index in [9.17, 15) is 4.79 Å². The number of ketones is 1. The minimum Gasteiger partial charge on any atom is -0.371 e. The van der Waals surface area contributed by atoms with Crippen LogP contribution in [0.2, 0.25) is 0 Å². The van der Waals surface area contributed by atoms with Crippen LogP contribution in [0.1, 0.15) is 27.7 Å². The molecular weight excluding hydrogens is 154 g/mol. The molecule has 1 atom stereocenters. The Morgan fingerprint density at radius 1 is 1.33 bits per heavy atom. The van der Waals surface area contributed by atoms with Crippen LogP contribution in [0.25, 0.3) is 0 Å². The third-order valence-electron chi connectivity index (χ3n) is 1.65. The van der Waals surface area contributed by atoms with Crippen molar-refractivity contribution in [2.45, 2.75) is 39.8 Å². The van der Waals surface area contributed by atoms with E-state index >= 15 is 0 Å². The molecule has 0 heterocycles. The topological polar surface area (TPSA) is 52.3 Å². The molecule has 0 fully saturated rings. The van der Waals surface area contributed by atoms with Gasteiger partial charge in [-0.1, -0.05) is 13.8 Å². The van der Waals surface area contributed by atoms with Gasteiger partial charge in [-0.3, -0.25) is 4.79 Å². The predicted octanol–water partition coefficient (Wildman–Crippen LogP) is 0.964. The van der Waals surface area contributed by atoms with E-state index in [4.69, 9.17) is 10.5 Å². The molecule has 12 heavy (non-hydrogen) atoms. The van der Waals surface area contributed by atoms with Crippen LogP contribution < -0.4 is 5.73 Å². The Morgan fingerprint density at radius 3 is 2.17 bits per heavy atom. The molecule has 0 aromatic rings. The average molecular weight is 173 g/mol. The van der Waals surface area contributed by atoms with Crippen LogP contribution in [0.4, 0.5) is 0 Å². The Kier molecular flexibility index (Phi) is 5.09. The molecule has 72 valence electrons. The number of hydrogen-bond acceptors (Lipinski definition) is 3. The van der Waals surface area contributed by atoms with Gasteiger partial charge in [0.1, 0.15) is 6.61 Å². The van der Waals surface area contributed by atoms with E-state index in [1.165, 1.54) is 0 Å². The SMILES string of the molecule is CC(C)OCC(=O)[C@H](N)C(C)C. The van der Waals surface area contributed by atoms with Gasteiger partial charge in [-0.05, 0) is 19.8 Å². The number of rotatable bonds is 5. The second-order valence-electron chi connectivity index (χ2n) is 3.60. The normalized spacial score (nSPS) is 13.9. The van der Waals surface area contributed by atoms with Crippen molar-refractivity contribution >= 4 is 5.78 Å². The van der Waals surface area contributed by atoms with E-state index < -0.39 is 0 Å². The summed E-state index contributed by atoms with van der Waals surface area (Å²) in [5, 5.41) is 0. The highest BCUT2D eigenvalue weighted by Gasteiger charge is 2.17. The van der Waals surface area contributed by atoms with Gasteiger partial charge in [0.15, 0.2) is 5.78 Å². The first kappa shape index (κ1) is 11.6. The molecule has 0 saturated carbocycles. The Hall–Kier alpha value is -0.410. The monoisotopic (exact) mass is 173 g/mol. The zero-order valence-corrected chi connectivity index (χ0v) is 8.33. The van der Waals surface area contributed by atoms with Gasteiger partial charge >= 0.3 is 0 Å². The summed E-state index contributed by atoms with van der Waals surface area (Å²) in [5.74, 6) is 0.173. The summed E-state index contributed by atoms with van der Waals surface area (Å²) in [6.45, 7) is 7.79. The third-order valence-corrected chi connectivity index (χ3v) is 1.65. The molecule has 0 aromatic carbocycles. The van der Waals surface area contributed by atoms with E-state index in [2.05, 4.69) is 0 Å². The predicted molar refractivity (Wildman–Crippen MR) is 48.9 cm³/mol. The number of carbonyl (C=O) groups is 1. The second kappa shape index (κ2) is 5.27. The lowest BCUT2D eigenvalue weighted by molar-refractivity contribution is -0.127. The zero-order valence-electron chi connectivity index (χ0n) is 8.33. The van der Waals surface area contributed by atoms with Gasteiger partial charge < -0.3 is 10.5 Å². The molecule has 0 aliphatic heterocycles. The molecule has 0 bridgehead atoms. The Balaban J connectivity index is 3.72. The van der Waals surface area contributed by atoms with Crippen molar-refractivity contribution in [3.63, 3.8) is 0 Å². The van der Waals surface area contributed by atoms with Crippen LogP contribution in [0.5, 0.6) is 0 Å². The smallest absolute Gasteiger partial charge is 0.175 e. The minimum absolute atomic E-state index is 0.0151. The summed E-state index contributed by atoms with van der Waals surface area (Å²) >= 11 is 0. The fraction of sp³-hybridized carbons (Fsp3) is 0.889. The van der Waals surface area contributed by atoms with E-state index in [1.54, 1.807) is 0 Å². The third kappa shape index (κ3) is 4.46. The fourth-order valence-electron chi connectivity index (χ4n) is 0.717. The first-order valence-corrected chi connectivity index (χ1v) is 4.35. The van der Waals surface area contributed by atoms with Crippen LogP contribution in [0.15, 0.2) is 0 Å². The van der Waals surface area contributed by atoms with Gasteiger partial charge in [0.25, 0.3) is 0 Å². The van der Waals surface area contributed by atoms with Crippen molar-refractivity contribution in [3.8, 4) is 0 Å².